The Morgan fingerprint density at radius 2 is 2.32 bits per heavy atom. The van der Waals surface area contributed by atoms with Gasteiger partial charge in [0.2, 0.25) is 0 Å². The maximum Gasteiger partial charge on any atom is 0.334 e. The maximum atomic E-state index is 11.4. The van der Waals surface area contributed by atoms with Crippen molar-refractivity contribution < 1.29 is 14.6 Å². The van der Waals surface area contributed by atoms with Gasteiger partial charge in [-0.05, 0) is 31.8 Å². The number of aliphatic hydroxyl groups excluding tert-OH is 1. The third-order valence-electron chi connectivity index (χ3n) is 4.21. The smallest absolute Gasteiger partial charge is 0.334 e. The summed E-state index contributed by atoms with van der Waals surface area (Å²) in [7, 11) is 1.30. The molecule has 1 aliphatic rings. The number of likely N-dealkylation sites (tertiary alicyclic amines) is 1. The quantitative estimate of drug-likeness (QED) is 0.857. The number of methoxy groups -OCH3 is 1. The number of fused-ring (bicyclic) bond motifs is 1. The van der Waals surface area contributed by atoms with E-state index in [9.17, 15) is 9.90 Å². The Labute approximate surface area is 137 Å². The molecule has 1 saturated heterocycles. The van der Waals surface area contributed by atoms with Gasteiger partial charge in [0.25, 0.3) is 0 Å². The predicted molar refractivity (Wildman–Crippen MR) is 84.1 cm³/mol. The van der Waals surface area contributed by atoms with Crippen LogP contribution in [-0.2, 0) is 16.1 Å². The summed E-state index contributed by atoms with van der Waals surface area (Å²) in [5.41, 5.74) is 0.991. The van der Waals surface area contributed by atoms with Crippen molar-refractivity contribution in [3.05, 3.63) is 22.4 Å². The lowest BCUT2D eigenvalue weighted by Gasteiger charge is -2.33. The lowest BCUT2D eigenvalue weighted by atomic mass is 9.91. The molecule has 0 amide bonds. The molecule has 6 nitrogen and oxygen atoms in total. The molecular weight excluding hydrogens is 326 g/mol. The summed E-state index contributed by atoms with van der Waals surface area (Å²) < 4.78 is 6.62. The number of halogens is 1. The van der Waals surface area contributed by atoms with Crippen LogP contribution in [0.4, 0.5) is 0 Å². The normalized spacial score (nSPS) is 18.7. The number of hydrogen-bond donors (Lipinski definition) is 1. The monoisotopic (exact) mass is 343 g/mol. The van der Waals surface area contributed by atoms with Gasteiger partial charge < -0.3 is 9.84 Å². The first kappa shape index (κ1) is 15.7. The van der Waals surface area contributed by atoms with Crippen LogP contribution in [0.3, 0.4) is 0 Å². The molecule has 120 valence electrons. The Morgan fingerprint density at radius 3 is 3.00 bits per heavy atom. The minimum Gasteiger partial charge on any atom is -0.467 e. The van der Waals surface area contributed by atoms with Crippen molar-refractivity contribution in [2.24, 2.45) is 5.92 Å². The number of rotatable bonds is 4. The van der Waals surface area contributed by atoms with Gasteiger partial charge in [-0.1, -0.05) is 11.6 Å². The highest BCUT2D eigenvalue weighted by Crippen LogP contribution is 2.26. The second-order valence-corrected chi connectivity index (χ2v) is 6.72. The van der Waals surface area contributed by atoms with E-state index in [1.165, 1.54) is 7.11 Å². The largest absolute Gasteiger partial charge is 0.467 e. The minimum atomic E-state index is -1.02. The average Bonchev–Trinajstić information content (AvgIpc) is 3.09. The molecule has 2 aromatic heterocycles. The first-order valence-corrected chi connectivity index (χ1v) is 8.44. The molecule has 1 atom stereocenters. The van der Waals surface area contributed by atoms with E-state index >= 15 is 0 Å². The SMILES string of the molecule is COC(=O)C(O)C1CCN(Cc2c(Cl)nc3sccn23)CC1. The first-order valence-electron chi connectivity index (χ1n) is 7.18. The second kappa shape index (κ2) is 6.54. The van der Waals surface area contributed by atoms with Crippen LogP contribution < -0.4 is 0 Å². The molecule has 0 bridgehead atoms. The van der Waals surface area contributed by atoms with Crippen molar-refractivity contribution >= 4 is 33.9 Å². The minimum absolute atomic E-state index is 0.0363. The lowest BCUT2D eigenvalue weighted by molar-refractivity contribution is -0.154. The second-order valence-electron chi connectivity index (χ2n) is 5.49. The van der Waals surface area contributed by atoms with Gasteiger partial charge in [-0.2, -0.15) is 0 Å². The van der Waals surface area contributed by atoms with Crippen LogP contribution in [0.25, 0.3) is 4.96 Å². The molecule has 0 saturated carbocycles. The Morgan fingerprint density at radius 1 is 1.59 bits per heavy atom. The Hall–Kier alpha value is -1.15. The van der Waals surface area contributed by atoms with Crippen LogP contribution in [-0.4, -0.2) is 51.7 Å². The van der Waals surface area contributed by atoms with Gasteiger partial charge >= 0.3 is 5.97 Å². The fourth-order valence-electron chi connectivity index (χ4n) is 2.90. The van der Waals surface area contributed by atoms with Crippen molar-refractivity contribution in [3.63, 3.8) is 0 Å². The molecule has 1 unspecified atom stereocenters. The molecule has 0 spiro atoms. The summed E-state index contributed by atoms with van der Waals surface area (Å²) in [6.45, 7) is 2.34. The van der Waals surface area contributed by atoms with Crippen LogP contribution in [0.5, 0.6) is 0 Å². The topological polar surface area (TPSA) is 67.1 Å². The summed E-state index contributed by atoms with van der Waals surface area (Å²) >= 11 is 7.77. The number of carbonyl (C=O) groups is 1. The molecule has 3 rings (SSSR count). The number of nitrogens with zero attached hydrogens (tertiary/aromatic N) is 3. The molecular formula is C14H18ClN3O3S. The number of ether oxygens (including phenoxy) is 1. The predicted octanol–water partition coefficient (Wildman–Crippen LogP) is 1.80. The van der Waals surface area contributed by atoms with E-state index in [-0.39, 0.29) is 5.92 Å². The maximum absolute atomic E-state index is 11.4. The van der Waals surface area contributed by atoms with Crippen LogP contribution >= 0.6 is 22.9 Å². The van der Waals surface area contributed by atoms with Crippen molar-refractivity contribution in [2.75, 3.05) is 20.2 Å². The molecule has 8 heteroatoms. The first-order chi connectivity index (χ1) is 10.6. The summed E-state index contributed by atoms with van der Waals surface area (Å²) in [5.74, 6) is -0.581. The fraction of sp³-hybridized carbons (Fsp3) is 0.571. The number of piperidine rings is 1. The standard InChI is InChI=1S/C14H18ClN3O3S/c1-21-13(20)11(19)9-2-4-17(5-3-9)8-10-12(15)16-14-18(10)6-7-22-14/h6-7,9,11,19H,2-5,8H2,1H3. The summed E-state index contributed by atoms with van der Waals surface area (Å²) in [4.78, 5) is 18.9. The van der Waals surface area contributed by atoms with E-state index in [1.54, 1.807) is 11.3 Å². The van der Waals surface area contributed by atoms with Crippen molar-refractivity contribution in [3.8, 4) is 0 Å². The molecule has 0 aromatic carbocycles. The van der Waals surface area contributed by atoms with Crippen molar-refractivity contribution in [2.45, 2.75) is 25.5 Å². The highest BCUT2D eigenvalue weighted by Gasteiger charge is 2.30. The Balaban J connectivity index is 1.61. The molecule has 2 aromatic rings. The summed E-state index contributed by atoms with van der Waals surface area (Å²) in [6.07, 6.45) is 2.48. The van der Waals surface area contributed by atoms with Gasteiger partial charge in [-0.15, -0.1) is 11.3 Å². The zero-order valence-electron chi connectivity index (χ0n) is 12.2. The van der Waals surface area contributed by atoms with Gasteiger partial charge in [-0.25, -0.2) is 9.78 Å². The average molecular weight is 344 g/mol. The van der Waals surface area contributed by atoms with Gasteiger partial charge in [0.15, 0.2) is 16.2 Å². The van der Waals surface area contributed by atoms with Crippen LogP contribution in [0.1, 0.15) is 18.5 Å². The number of thiazole rings is 1. The van der Waals surface area contributed by atoms with E-state index in [0.717, 1.165) is 43.1 Å². The van der Waals surface area contributed by atoms with E-state index in [1.807, 2.05) is 16.0 Å². The van der Waals surface area contributed by atoms with E-state index in [2.05, 4.69) is 14.6 Å². The van der Waals surface area contributed by atoms with Gasteiger partial charge in [0, 0.05) is 18.1 Å². The number of carbonyl (C=O) groups excluding carboxylic acids is 1. The van der Waals surface area contributed by atoms with Crippen LogP contribution in [0.2, 0.25) is 5.15 Å². The Kier molecular flexibility index (Phi) is 4.67. The molecule has 1 N–H and O–H groups in total. The molecule has 1 fully saturated rings. The third-order valence-corrected chi connectivity index (χ3v) is 5.27. The molecule has 22 heavy (non-hydrogen) atoms. The zero-order valence-corrected chi connectivity index (χ0v) is 13.8. The van der Waals surface area contributed by atoms with Gasteiger partial charge in [0.05, 0.1) is 12.8 Å². The fourth-order valence-corrected chi connectivity index (χ4v) is 3.91. The number of aliphatic hydroxyl groups is 1. The van der Waals surface area contributed by atoms with Gasteiger partial charge in [-0.3, -0.25) is 9.30 Å². The zero-order chi connectivity index (χ0) is 15.7. The third kappa shape index (κ3) is 2.99. The molecule has 1 aliphatic heterocycles. The van der Waals surface area contributed by atoms with Crippen LogP contribution in [0.15, 0.2) is 11.6 Å². The summed E-state index contributed by atoms with van der Waals surface area (Å²) in [6, 6.07) is 0. The van der Waals surface area contributed by atoms with E-state index in [0.29, 0.717) is 5.15 Å². The molecule has 0 radical (unpaired) electrons. The molecule has 3 heterocycles. The number of esters is 1. The van der Waals surface area contributed by atoms with Gasteiger partial charge in [0.1, 0.15) is 0 Å². The lowest BCUT2D eigenvalue weighted by Crippen LogP contribution is -2.40. The number of aromatic nitrogens is 2. The molecule has 0 aliphatic carbocycles. The number of imidazole rings is 1. The Bertz CT molecular complexity index is 663. The summed E-state index contributed by atoms with van der Waals surface area (Å²) in [5, 5.41) is 12.4. The van der Waals surface area contributed by atoms with E-state index in [4.69, 9.17) is 11.6 Å². The van der Waals surface area contributed by atoms with Crippen molar-refractivity contribution in [1.82, 2.24) is 14.3 Å². The highest BCUT2D eigenvalue weighted by atomic mass is 35.5. The van der Waals surface area contributed by atoms with Crippen LogP contribution in [0, 0.1) is 5.92 Å². The number of hydrogen-bond acceptors (Lipinski definition) is 6. The highest BCUT2D eigenvalue weighted by molar-refractivity contribution is 7.15. The van der Waals surface area contributed by atoms with Crippen molar-refractivity contribution in [1.29, 1.82) is 0 Å². The van der Waals surface area contributed by atoms with E-state index < -0.39 is 12.1 Å².